The van der Waals surface area contributed by atoms with Crippen LogP contribution in [0.5, 0.6) is 0 Å². The van der Waals surface area contributed by atoms with Crippen LogP contribution < -0.4 is 4.72 Å². The minimum atomic E-state index is -3.40. The Balaban J connectivity index is 2.66. The van der Waals surface area contributed by atoms with E-state index in [1.165, 1.54) is 12.8 Å². The van der Waals surface area contributed by atoms with Gasteiger partial charge in [-0.2, -0.15) is 0 Å². The summed E-state index contributed by atoms with van der Waals surface area (Å²) in [6.45, 7) is 8.70. The molecule has 0 heterocycles. The van der Waals surface area contributed by atoms with E-state index in [-0.39, 0.29) is 5.41 Å². The van der Waals surface area contributed by atoms with Gasteiger partial charge in [0.2, 0.25) is 10.0 Å². The first kappa shape index (κ1) is 17.2. The highest BCUT2D eigenvalue weighted by Gasteiger charge is 2.22. The fraction of sp³-hybridized carbons (Fsp3) is 0.625. The molecule has 0 saturated carbocycles. The molecular weight excluding hydrogens is 270 g/mol. The molecule has 0 aliphatic heterocycles. The van der Waals surface area contributed by atoms with Gasteiger partial charge in [0.05, 0.1) is 4.90 Å². The predicted octanol–water partition coefficient (Wildman–Crippen LogP) is 3.88. The molecule has 0 saturated heterocycles. The standard InChI is InChI=1S/C16H27NO2S/c1-5-6-9-12-16(3,4)13-17-20(18,19)15-11-8-7-10-14(15)2/h7-8,10-11,17H,5-6,9,12-13H2,1-4H3. The van der Waals surface area contributed by atoms with E-state index in [9.17, 15) is 8.42 Å². The van der Waals surface area contributed by atoms with Gasteiger partial charge in [-0.25, -0.2) is 13.1 Å². The molecule has 114 valence electrons. The molecule has 0 radical (unpaired) electrons. The zero-order valence-electron chi connectivity index (χ0n) is 13.1. The Morgan fingerprint density at radius 1 is 1.15 bits per heavy atom. The summed E-state index contributed by atoms with van der Waals surface area (Å²) in [7, 11) is -3.40. The minimum Gasteiger partial charge on any atom is -0.211 e. The van der Waals surface area contributed by atoms with Gasteiger partial charge in [-0.3, -0.25) is 0 Å². The molecule has 20 heavy (non-hydrogen) atoms. The van der Waals surface area contributed by atoms with Crippen LogP contribution in [0.1, 0.15) is 52.0 Å². The zero-order valence-corrected chi connectivity index (χ0v) is 13.9. The summed E-state index contributed by atoms with van der Waals surface area (Å²) < 4.78 is 27.4. The molecule has 4 heteroatoms. The van der Waals surface area contributed by atoms with Crippen LogP contribution in [-0.4, -0.2) is 15.0 Å². The SMILES string of the molecule is CCCCCC(C)(C)CNS(=O)(=O)c1ccccc1C. The Hall–Kier alpha value is -0.870. The predicted molar refractivity (Wildman–Crippen MR) is 84.3 cm³/mol. The second-order valence-corrected chi connectivity index (χ2v) is 7.95. The quantitative estimate of drug-likeness (QED) is 0.740. The molecule has 0 unspecified atom stereocenters. The topological polar surface area (TPSA) is 46.2 Å². The van der Waals surface area contributed by atoms with Crippen molar-refractivity contribution in [3.63, 3.8) is 0 Å². The largest absolute Gasteiger partial charge is 0.240 e. The third-order valence-corrected chi connectivity index (χ3v) is 5.14. The number of nitrogens with one attached hydrogen (secondary N) is 1. The van der Waals surface area contributed by atoms with Crippen molar-refractivity contribution in [1.29, 1.82) is 0 Å². The van der Waals surface area contributed by atoms with E-state index >= 15 is 0 Å². The molecule has 0 atom stereocenters. The number of unbranched alkanes of at least 4 members (excludes halogenated alkanes) is 2. The maximum absolute atomic E-state index is 12.3. The maximum Gasteiger partial charge on any atom is 0.240 e. The van der Waals surface area contributed by atoms with Crippen molar-refractivity contribution in [2.75, 3.05) is 6.54 Å². The summed E-state index contributed by atoms with van der Waals surface area (Å²) in [5, 5.41) is 0. The van der Waals surface area contributed by atoms with E-state index < -0.39 is 10.0 Å². The molecule has 1 aromatic rings. The highest BCUT2D eigenvalue weighted by molar-refractivity contribution is 7.89. The Labute approximate surface area is 123 Å². The highest BCUT2D eigenvalue weighted by atomic mass is 32.2. The van der Waals surface area contributed by atoms with Crippen molar-refractivity contribution in [3.8, 4) is 0 Å². The number of hydrogen-bond acceptors (Lipinski definition) is 2. The second-order valence-electron chi connectivity index (χ2n) is 6.21. The second kappa shape index (κ2) is 7.23. The summed E-state index contributed by atoms with van der Waals surface area (Å²) in [6.07, 6.45) is 4.58. The van der Waals surface area contributed by atoms with Gasteiger partial charge >= 0.3 is 0 Å². The van der Waals surface area contributed by atoms with Crippen molar-refractivity contribution in [1.82, 2.24) is 4.72 Å². The molecule has 1 aromatic carbocycles. The van der Waals surface area contributed by atoms with E-state index in [4.69, 9.17) is 0 Å². The molecule has 0 spiro atoms. The van der Waals surface area contributed by atoms with Crippen molar-refractivity contribution in [2.45, 2.75) is 58.3 Å². The van der Waals surface area contributed by atoms with Crippen LogP contribution in [-0.2, 0) is 10.0 Å². The smallest absolute Gasteiger partial charge is 0.211 e. The zero-order chi connectivity index (χ0) is 15.2. The number of sulfonamides is 1. The van der Waals surface area contributed by atoms with Crippen molar-refractivity contribution < 1.29 is 8.42 Å². The molecule has 0 amide bonds. The lowest BCUT2D eigenvalue weighted by Crippen LogP contribution is -2.34. The van der Waals surface area contributed by atoms with Crippen LogP contribution >= 0.6 is 0 Å². The monoisotopic (exact) mass is 297 g/mol. The van der Waals surface area contributed by atoms with Crippen LogP contribution in [0.15, 0.2) is 29.2 Å². The summed E-state index contributed by atoms with van der Waals surface area (Å²) in [4.78, 5) is 0.379. The molecule has 1 N–H and O–H groups in total. The lowest BCUT2D eigenvalue weighted by atomic mass is 9.87. The highest BCUT2D eigenvalue weighted by Crippen LogP contribution is 2.24. The fourth-order valence-corrected chi connectivity index (χ4v) is 3.65. The Morgan fingerprint density at radius 2 is 1.80 bits per heavy atom. The number of aryl methyl sites for hydroxylation is 1. The molecule has 0 aliphatic carbocycles. The average molecular weight is 297 g/mol. The Kier molecular flexibility index (Phi) is 6.21. The van der Waals surface area contributed by atoms with E-state index in [1.54, 1.807) is 12.1 Å². The van der Waals surface area contributed by atoms with Gasteiger partial charge in [0.1, 0.15) is 0 Å². The Morgan fingerprint density at radius 3 is 2.40 bits per heavy atom. The van der Waals surface area contributed by atoms with Gasteiger partial charge in [0, 0.05) is 6.54 Å². The summed E-state index contributed by atoms with van der Waals surface area (Å²) in [5.41, 5.74) is 0.772. The van der Waals surface area contributed by atoms with E-state index in [1.807, 2.05) is 19.1 Å². The van der Waals surface area contributed by atoms with E-state index in [2.05, 4.69) is 25.5 Å². The lowest BCUT2D eigenvalue weighted by Gasteiger charge is -2.25. The van der Waals surface area contributed by atoms with Crippen molar-refractivity contribution in [2.24, 2.45) is 5.41 Å². The number of hydrogen-bond donors (Lipinski definition) is 1. The maximum atomic E-state index is 12.3. The summed E-state index contributed by atoms with van der Waals surface area (Å²) >= 11 is 0. The molecule has 0 bridgehead atoms. The molecule has 3 nitrogen and oxygen atoms in total. The van der Waals surface area contributed by atoms with Crippen LogP contribution in [0.25, 0.3) is 0 Å². The van der Waals surface area contributed by atoms with Crippen LogP contribution in [0.3, 0.4) is 0 Å². The van der Waals surface area contributed by atoms with Crippen molar-refractivity contribution in [3.05, 3.63) is 29.8 Å². The third kappa shape index (κ3) is 5.25. The first-order valence-electron chi connectivity index (χ1n) is 7.34. The molecule has 0 aliphatic rings. The Bertz CT molecular complexity index is 521. The molecular formula is C16H27NO2S. The van der Waals surface area contributed by atoms with Crippen molar-refractivity contribution >= 4 is 10.0 Å². The third-order valence-electron chi connectivity index (χ3n) is 3.58. The van der Waals surface area contributed by atoms with Crippen LogP contribution in [0.2, 0.25) is 0 Å². The average Bonchev–Trinajstić information content (AvgIpc) is 2.37. The normalized spacial score (nSPS) is 12.6. The van der Waals surface area contributed by atoms with E-state index in [0.29, 0.717) is 11.4 Å². The number of rotatable bonds is 8. The molecule has 0 fully saturated rings. The fourth-order valence-electron chi connectivity index (χ4n) is 2.17. The van der Waals surface area contributed by atoms with Gasteiger partial charge in [0.15, 0.2) is 0 Å². The first-order chi connectivity index (χ1) is 9.28. The molecule has 0 aromatic heterocycles. The van der Waals surface area contributed by atoms with Crippen LogP contribution in [0, 0.1) is 12.3 Å². The van der Waals surface area contributed by atoms with Gasteiger partial charge in [-0.15, -0.1) is 0 Å². The molecule has 1 rings (SSSR count). The van der Waals surface area contributed by atoms with Gasteiger partial charge < -0.3 is 0 Å². The lowest BCUT2D eigenvalue weighted by molar-refractivity contribution is 0.320. The van der Waals surface area contributed by atoms with Gasteiger partial charge in [-0.05, 0) is 30.4 Å². The van der Waals surface area contributed by atoms with E-state index in [0.717, 1.165) is 18.4 Å². The van der Waals surface area contributed by atoms with Gasteiger partial charge in [-0.1, -0.05) is 58.2 Å². The minimum absolute atomic E-state index is 0.00900. The summed E-state index contributed by atoms with van der Waals surface area (Å²) in [5.74, 6) is 0. The number of benzene rings is 1. The van der Waals surface area contributed by atoms with Gasteiger partial charge in [0.25, 0.3) is 0 Å². The first-order valence-corrected chi connectivity index (χ1v) is 8.82. The van der Waals surface area contributed by atoms with Crippen LogP contribution in [0.4, 0.5) is 0 Å². The summed E-state index contributed by atoms with van der Waals surface area (Å²) in [6, 6.07) is 7.08.